The van der Waals surface area contributed by atoms with Gasteiger partial charge in [0.25, 0.3) is 0 Å². The zero-order chi connectivity index (χ0) is 16.1. The zero-order valence-corrected chi connectivity index (χ0v) is 13.8. The molecule has 118 valence electrons. The van der Waals surface area contributed by atoms with Crippen molar-refractivity contribution in [3.05, 3.63) is 29.8 Å². The van der Waals surface area contributed by atoms with E-state index in [1.807, 2.05) is 25.1 Å². The van der Waals surface area contributed by atoms with E-state index in [0.717, 1.165) is 17.7 Å². The molecule has 0 aliphatic rings. The fraction of sp³-hybridized carbons (Fsp3) is 0.400. The van der Waals surface area contributed by atoms with Gasteiger partial charge in [0.1, 0.15) is 0 Å². The number of hydrogen-bond acceptors (Lipinski definition) is 5. The highest BCUT2D eigenvalue weighted by Gasteiger charge is 2.18. The molecule has 0 aliphatic carbocycles. The maximum atomic E-state index is 12.4. The number of anilines is 2. The molecular formula is C15H21N5OS. The van der Waals surface area contributed by atoms with Gasteiger partial charge in [-0.05, 0) is 30.9 Å². The number of aromatic nitrogens is 3. The Kier molecular flexibility index (Phi) is 5.43. The van der Waals surface area contributed by atoms with Crippen molar-refractivity contribution in [2.75, 3.05) is 11.1 Å². The van der Waals surface area contributed by atoms with Crippen LogP contribution >= 0.6 is 11.8 Å². The third-order valence-electron chi connectivity index (χ3n) is 3.50. The lowest BCUT2D eigenvalue weighted by atomic mass is 9.97. The second kappa shape index (κ2) is 7.31. The average molecular weight is 319 g/mol. The largest absolute Gasteiger partial charge is 0.368 e. The van der Waals surface area contributed by atoms with Crippen LogP contribution < -0.4 is 11.1 Å². The Morgan fingerprint density at radius 3 is 2.77 bits per heavy atom. The predicted molar refractivity (Wildman–Crippen MR) is 89.9 cm³/mol. The maximum Gasteiger partial charge on any atom is 0.237 e. The van der Waals surface area contributed by atoms with Gasteiger partial charge in [0.05, 0.1) is 5.25 Å². The van der Waals surface area contributed by atoms with Crippen LogP contribution in [-0.2, 0) is 4.79 Å². The fourth-order valence-corrected chi connectivity index (χ4v) is 2.75. The summed E-state index contributed by atoms with van der Waals surface area (Å²) in [5.74, 6) is 0.564. The highest BCUT2D eigenvalue weighted by Crippen LogP contribution is 2.28. The summed E-state index contributed by atoms with van der Waals surface area (Å²) in [4.78, 5) is 16.4. The molecule has 0 fully saturated rings. The standard InChI is InChI=1S/C15H21N5OS/c1-4-9(2)11-7-5-6-8-12(11)17-13(21)10(3)22-15-18-14(16)19-20-15/h5-10H,4H2,1-3H3,(H,17,21)(H3,16,18,19,20)/t9-,10-/m1/s1. The number of thioether (sulfide) groups is 1. The lowest BCUT2D eigenvalue weighted by molar-refractivity contribution is -0.115. The molecule has 0 spiro atoms. The summed E-state index contributed by atoms with van der Waals surface area (Å²) in [5, 5.41) is 9.63. The van der Waals surface area contributed by atoms with Crippen molar-refractivity contribution in [2.45, 2.75) is 43.5 Å². The van der Waals surface area contributed by atoms with Crippen LogP contribution in [-0.4, -0.2) is 26.3 Å². The quantitative estimate of drug-likeness (QED) is 0.711. The molecule has 1 heterocycles. The average Bonchev–Trinajstić information content (AvgIpc) is 2.92. The summed E-state index contributed by atoms with van der Waals surface area (Å²) < 4.78 is 0. The van der Waals surface area contributed by atoms with Crippen LogP contribution in [0.25, 0.3) is 0 Å². The molecule has 2 atom stereocenters. The highest BCUT2D eigenvalue weighted by molar-refractivity contribution is 8.00. The van der Waals surface area contributed by atoms with Gasteiger partial charge < -0.3 is 11.1 Å². The van der Waals surface area contributed by atoms with Crippen LogP contribution in [0.15, 0.2) is 29.4 Å². The minimum Gasteiger partial charge on any atom is -0.368 e. The van der Waals surface area contributed by atoms with E-state index in [1.165, 1.54) is 11.8 Å². The zero-order valence-electron chi connectivity index (χ0n) is 13.0. The highest BCUT2D eigenvalue weighted by atomic mass is 32.2. The normalized spacial score (nSPS) is 13.6. The Morgan fingerprint density at radius 1 is 1.41 bits per heavy atom. The minimum atomic E-state index is -0.319. The van der Waals surface area contributed by atoms with Crippen LogP contribution in [0, 0.1) is 0 Å². The van der Waals surface area contributed by atoms with Gasteiger partial charge in [0.2, 0.25) is 17.0 Å². The Hall–Kier alpha value is -2.02. The van der Waals surface area contributed by atoms with Crippen molar-refractivity contribution in [3.8, 4) is 0 Å². The molecule has 1 aromatic heterocycles. The summed E-state index contributed by atoms with van der Waals surface area (Å²) in [6.45, 7) is 6.10. The number of benzene rings is 1. The van der Waals surface area contributed by atoms with E-state index in [4.69, 9.17) is 5.73 Å². The van der Waals surface area contributed by atoms with Crippen molar-refractivity contribution < 1.29 is 4.79 Å². The molecule has 2 rings (SSSR count). The van der Waals surface area contributed by atoms with Crippen LogP contribution in [0.1, 0.15) is 38.7 Å². The van der Waals surface area contributed by atoms with E-state index in [2.05, 4.69) is 40.4 Å². The molecule has 1 aromatic carbocycles. The Balaban J connectivity index is 2.05. The Labute approximate surface area is 134 Å². The van der Waals surface area contributed by atoms with Crippen molar-refractivity contribution in [2.24, 2.45) is 0 Å². The Morgan fingerprint density at radius 2 is 2.14 bits per heavy atom. The van der Waals surface area contributed by atoms with Gasteiger partial charge in [-0.3, -0.25) is 4.79 Å². The predicted octanol–water partition coefficient (Wildman–Crippen LogP) is 3.02. The molecule has 22 heavy (non-hydrogen) atoms. The van der Waals surface area contributed by atoms with Gasteiger partial charge in [0, 0.05) is 5.69 Å². The van der Waals surface area contributed by atoms with Crippen LogP contribution in [0.3, 0.4) is 0 Å². The van der Waals surface area contributed by atoms with Gasteiger partial charge in [-0.2, -0.15) is 4.98 Å². The molecular weight excluding hydrogens is 298 g/mol. The van der Waals surface area contributed by atoms with E-state index >= 15 is 0 Å². The molecule has 0 saturated carbocycles. The van der Waals surface area contributed by atoms with Crippen LogP contribution in [0.5, 0.6) is 0 Å². The number of nitrogens with zero attached hydrogens (tertiary/aromatic N) is 2. The second-order valence-electron chi connectivity index (χ2n) is 5.15. The third-order valence-corrected chi connectivity index (χ3v) is 4.46. The number of hydrogen-bond donors (Lipinski definition) is 3. The fourth-order valence-electron chi connectivity index (χ4n) is 2.02. The van der Waals surface area contributed by atoms with Gasteiger partial charge in [-0.15, -0.1) is 5.10 Å². The summed E-state index contributed by atoms with van der Waals surface area (Å²) in [6, 6.07) is 7.90. The monoisotopic (exact) mass is 319 g/mol. The molecule has 0 aliphatic heterocycles. The first-order valence-electron chi connectivity index (χ1n) is 7.25. The van der Waals surface area contributed by atoms with Crippen LogP contribution in [0.4, 0.5) is 11.6 Å². The summed E-state index contributed by atoms with van der Waals surface area (Å²) in [7, 11) is 0. The number of para-hydroxylation sites is 1. The van der Waals surface area contributed by atoms with Gasteiger partial charge in [-0.1, -0.05) is 43.8 Å². The minimum absolute atomic E-state index is 0.0795. The molecule has 6 nitrogen and oxygen atoms in total. The molecule has 4 N–H and O–H groups in total. The number of nitrogens with two attached hydrogens (primary N) is 1. The van der Waals surface area contributed by atoms with E-state index in [1.54, 1.807) is 0 Å². The smallest absolute Gasteiger partial charge is 0.237 e. The first kappa shape index (κ1) is 16.4. The van der Waals surface area contributed by atoms with Gasteiger partial charge in [0.15, 0.2) is 0 Å². The molecule has 0 saturated heterocycles. The summed E-state index contributed by atoms with van der Waals surface area (Å²) in [6.07, 6.45) is 1.02. The maximum absolute atomic E-state index is 12.4. The van der Waals surface area contributed by atoms with Gasteiger partial charge in [-0.25, -0.2) is 5.10 Å². The molecule has 7 heteroatoms. The number of H-pyrrole nitrogens is 1. The summed E-state index contributed by atoms with van der Waals surface area (Å²) in [5.41, 5.74) is 7.49. The second-order valence-corrected chi connectivity index (χ2v) is 6.46. The van der Waals surface area contributed by atoms with Crippen molar-refractivity contribution in [1.82, 2.24) is 15.2 Å². The molecule has 1 amide bonds. The van der Waals surface area contributed by atoms with E-state index in [-0.39, 0.29) is 17.1 Å². The Bertz CT molecular complexity index is 642. The van der Waals surface area contributed by atoms with Crippen molar-refractivity contribution in [3.63, 3.8) is 0 Å². The number of nitrogen functional groups attached to an aromatic ring is 1. The third kappa shape index (κ3) is 4.00. The summed E-state index contributed by atoms with van der Waals surface area (Å²) >= 11 is 1.27. The first-order valence-corrected chi connectivity index (χ1v) is 8.13. The lowest BCUT2D eigenvalue weighted by Crippen LogP contribution is -2.23. The van der Waals surface area contributed by atoms with E-state index in [9.17, 15) is 4.79 Å². The van der Waals surface area contributed by atoms with Crippen LogP contribution in [0.2, 0.25) is 0 Å². The van der Waals surface area contributed by atoms with E-state index in [0.29, 0.717) is 11.1 Å². The number of carbonyl (C=O) groups is 1. The number of amides is 1. The molecule has 0 radical (unpaired) electrons. The molecule has 0 unspecified atom stereocenters. The number of nitrogens with one attached hydrogen (secondary N) is 2. The lowest BCUT2D eigenvalue weighted by Gasteiger charge is -2.17. The van der Waals surface area contributed by atoms with Crippen molar-refractivity contribution in [1.29, 1.82) is 0 Å². The molecule has 0 bridgehead atoms. The topological polar surface area (TPSA) is 96.7 Å². The molecule has 2 aromatic rings. The first-order chi connectivity index (χ1) is 10.5. The number of aromatic amines is 1. The number of carbonyl (C=O) groups excluding carboxylic acids is 1. The number of rotatable bonds is 6. The SMILES string of the molecule is CC[C@@H](C)c1ccccc1NC(=O)[C@@H](C)Sc1n[nH]c(N)n1. The van der Waals surface area contributed by atoms with Crippen molar-refractivity contribution >= 4 is 29.3 Å². The van der Waals surface area contributed by atoms with E-state index < -0.39 is 0 Å². The van der Waals surface area contributed by atoms with Gasteiger partial charge >= 0.3 is 0 Å².